The van der Waals surface area contributed by atoms with Crippen LogP contribution >= 0.6 is 24.0 Å². The van der Waals surface area contributed by atoms with E-state index in [1.165, 1.54) is 0 Å². The van der Waals surface area contributed by atoms with Crippen molar-refractivity contribution in [1.29, 1.82) is 0 Å². The van der Waals surface area contributed by atoms with Crippen LogP contribution < -0.4 is 0 Å². The van der Waals surface area contributed by atoms with Crippen LogP contribution in [0.15, 0.2) is 0 Å². The molecule has 0 aromatic rings. The van der Waals surface area contributed by atoms with Crippen molar-refractivity contribution in [2.75, 3.05) is 0 Å². The van der Waals surface area contributed by atoms with Gasteiger partial charge in [-0.05, 0) is 0 Å². The summed E-state index contributed by atoms with van der Waals surface area (Å²) in [5.74, 6) is 0. The molecule has 0 aromatic heterocycles. The van der Waals surface area contributed by atoms with Gasteiger partial charge in [-0.1, -0.05) is 0 Å². The molecule has 0 bridgehead atoms. The van der Waals surface area contributed by atoms with Crippen molar-refractivity contribution in [2.45, 2.75) is 0 Å². The SMILES string of the molecule is [Br][Pb][Br].[CsH]. The topological polar surface area (TPSA) is 0 Å². The second kappa shape index (κ2) is 10.0. The van der Waals surface area contributed by atoms with Crippen molar-refractivity contribution in [3.8, 4) is 0 Å². The first kappa shape index (κ1) is 10.8. The number of rotatable bonds is 0. The first-order chi connectivity index (χ1) is 1.41. The first-order valence-electron chi connectivity index (χ1n) is 0.378. The van der Waals surface area contributed by atoms with Gasteiger partial charge in [0, 0.05) is 0 Å². The molecule has 0 aliphatic heterocycles. The van der Waals surface area contributed by atoms with Gasteiger partial charge in [0.1, 0.15) is 0 Å². The van der Waals surface area contributed by atoms with Gasteiger partial charge in [-0.3, -0.25) is 0 Å². The quantitative estimate of drug-likeness (QED) is 0.429. The third-order valence-corrected chi connectivity index (χ3v) is 0. The second-order valence-corrected chi connectivity index (χ2v) is 16.9. The Morgan fingerprint density at radius 2 is 1.25 bits per heavy atom. The summed E-state index contributed by atoms with van der Waals surface area (Å²) in [4.78, 5) is 0. The fourth-order valence-electron chi connectivity index (χ4n) is 0. The van der Waals surface area contributed by atoms with Gasteiger partial charge < -0.3 is 0 Å². The molecule has 0 amide bonds. The van der Waals surface area contributed by atoms with E-state index >= 15 is 0 Å². The molecular weight excluding hydrogens is 500 g/mol. The summed E-state index contributed by atoms with van der Waals surface area (Å²) in [7, 11) is 0. The normalized spacial score (nSPS) is 4.50. The van der Waals surface area contributed by atoms with E-state index in [9.17, 15) is 0 Å². The van der Waals surface area contributed by atoms with Crippen LogP contribution in [0.25, 0.3) is 0 Å². The average molecular weight is 501 g/mol. The molecule has 4 heteroatoms. The van der Waals surface area contributed by atoms with Crippen LogP contribution in [0, 0.1) is 0 Å². The van der Waals surface area contributed by atoms with Gasteiger partial charge in [0.15, 0.2) is 0 Å². The van der Waals surface area contributed by atoms with Crippen molar-refractivity contribution in [1.82, 2.24) is 0 Å². The molecule has 0 atom stereocenters. The summed E-state index contributed by atoms with van der Waals surface area (Å²) in [5, 5.41) is 0. The molecule has 0 unspecified atom stereocenters. The van der Waals surface area contributed by atoms with E-state index in [2.05, 4.69) is 24.0 Å². The summed E-state index contributed by atoms with van der Waals surface area (Å²) >= 11 is 6.22. The molecule has 2 radical (unpaired) electrons. The number of halogens is 2. The molecule has 0 spiro atoms. The Balaban J connectivity index is 0. The summed E-state index contributed by atoms with van der Waals surface area (Å²) in [6.07, 6.45) is 0. The molecule has 0 aliphatic rings. The first-order valence-corrected chi connectivity index (χ1v) is 17.2. The van der Waals surface area contributed by atoms with E-state index in [4.69, 9.17) is 0 Å². The van der Waals surface area contributed by atoms with Crippen LogP contribution in [0.2, 0.25) is 0 Å². The zero-order valence-corrected chi connectivity index (χ0v) is 8.32. The standard InChI is InChI=1S/2BrH.Cs.Pb.H/h2*1H;;;/q;;;+2;/p-2. The van der Waals surface area contributed by atoms with Gasteiger partial charge in [0.2, 0.25) is 0 Å². The molecule has 0 aliphatic carbocycles. The van der Waals surface area contributed by atoms with Gasteiger partial charge in [0.25, 0.3) is 0 Å². The van der Waals surface area contributed by atoms with Crippen molar-refractivity contribution < 1.29 is 0 Å². The van der Waals surface area contributed by atoms with Gasteiger partial charge in [-0.15, -0.1) is 0 Å². The van der Waals surface area contributed by atoms with E-state index in [1.54, 1.807) is 0 Å². The van der Waals surface area contributed by atoms with Crippen LogP contribution in [0.3, 0.4) is 0 Å². The maximum atomic E-state index is 3.26. The monoisotopic (exact) mass is 500 g/mol. The zero-order chi connectivity index (χ0) is 2.71. The third-order valence-electron chi connectivity index (χ3n) is 0. The maximum absolute atomic E-state index is 3.26. The summed E-state index contributed by atoms with van der Waals surface area (Å²) < 4.78 is 0. The van der Waals surface area contributed by atoms with E-state index in [-0.39, 0.29) is 88.3 Å². The molecule has 0 saturated carbocycles. The molecule has 0 aromatic carbocycles. The van der Waals surface area contributed by atoms with E-state index in [0.717, 1.165) is 0 Å². The molecule has 20 valence electrons. The Bertz CT molecular complexity index is 6.00. The predicted octanol–water partition coefficient (Wildman–Crippen LogP) is 0.662. The van der Waals surface area contributed by atoms with Crippen molar-refractivity contribution in [3.05, 3.63) is 0 Å². The number of hydrogen-bond donors (Lipinski definition) is 0. The number of hydrogen-bond acceptors (Lipinski definition) is 0. The van der Waals surface area contributed by atoms with Crippen LogP contribution in [0.5, 0.6) is 0 Å². The van der Waals surface area contributed by atoms with Crippen LogP contribution in [0.1, 0.15) is 0 Å². The summed E-state index contributed by atoms with van der Waals surface area (Å²) in [6.45, 7) is 0. The average Bonchev–Trinajstić information content (AvgIpc) is 0.918. The summed E-state index contributed by atoms with van der Waals surface area (Å²) in [6, 6.07) is 0. The Labute approximate surface area is 108 Å². The van der Waals surface area contributed by atoms with Gasteiger partial charge in [-0.2, -0.15) is 0 Å². The van der Waals surface area contributed by atoms with Gasteiger partial charge >= 0.3 is 112 Å². The third kappa shape index (κ3) is 9.33. The second-order valence-electron chi connectivity index (χ2n) is 0.0714. The Morgan fingerprint density at radius 1 is 1.25 bits per heavy atom. The van der Waals surface area contributed by atoms with E-state index in [0.29, 0.717) is 0 Å². The molecule has 0 saturated heterocycles. The molecule has 4 heavy (non-hydrogen) atoms. The molecule has 0 nitrogen and oxygen atoms in total. The van der Waals surface area contributed by atoms with Crippen LogP contribution in [-0.2, 0) is 0 Å². The van der Waals surface area contributed by atoms with Gasteiger partial charge in [-0.25, -0.2) is 0 Å². The minimum atomic E-state index is -0.292. The van der Waals surface area contributed by atoms with Gasteiger partial charge in [0.05, 0.1) is 0 Å². The summed E-state index contributed by atoms with van der Waals surface area (Å²) in [5.41, 5.74) is 0. The van der Waals surface area contributed by atoms with Crippen molar-refractivity contribution >= 4 is 112 Å². The molecular formula is HBr2CsPb. The van der Waals surface area contributed by atoms with Crippen molar-refractivity contribution in [2.24, 2.45) is 0 Å². The fraction of sp³-hybridized carbons (Fsp3) is 0. The fourth-order valence-corrected chi connectivity index (χ4v) is 0. The molecule has 0 fully saturated rings. The molecule has 0 N–H and O–H groups in total. The Kier molecular flexibility index (Phi) is 27.2. The van der Waals surface area contributed by atoms with E-state index < -0.39 is 0 Å². The molecule has 0 heterocycles. The Hall–Kier alpha value is 3.93. The minimum absolute atomic E-state index is 0. The zero-order valence-electron chi connectivity index (χ0n) is 1.26. The predicted molar refractivity (Wildman–Crippen MR) is 30.8 cm³/mol. The van der Waals surface area contributed by atoms with Crippen LogP contribution in [-0.4, -0.2) is 88.3 Å². The Morgan fingerprint density at radius 3 is 1.25 bits per heavy atom. The molecule has 0 rings (SSSR count). The van der Waals surface area contributed by atoms with Crippen molar-refractivity contribution in [3.63, 3.8) is 0 Å². The van der Waals surface area contributed by atoms with Crippen LogP contribution in [0.4, 0.5) is 0 Å². The van der Waals surface area contributed by atoms with E-state index in [1.807, 2.05) is 0 Å².